The quantitative estimate of drug-likeness (QED) is 0.265. The molecule has 3 unspecified atom stereocenters. The van der Waals surface area contributed by atoms with Crippen molar-refractivity contribution >= 4 is 21.8 Å². The highest BCUT2D eigenvalue weighted by Crippen LogP contribution is 2.34. The van der Waals surface area contributed by atoms with Gasteiger partial charge in [0.1, 0.15) is 6.04 Å². The highest BCUT2D eigenvalue weighted by Gasteiger charge is 2.33. The van der Waals surface area contributed by atoms with E-state index < -0.39 is 34.1 Å². The van der Waals surface area contributed by atoms with Crippen LogP contribution in [0.4, 0.5) is 0 Å². The molecule has 3 atom stereocenters. The molecule has 2 amide bonds. The average molecular weight is 563 g/mol. The second kappa shape index (κ2) is 13.7. The van der Waals surface area contributed by atoms with Crippen LogP contribution in [0, 0.1) is 5.92 Å². The van der Waals surface area contributed by atoms with Crippen molar-refractivity contribution in [2.75, 3.05) is 33.5 Å². The number of hydrogen-bond donors (Lipinski definition) is 4. The van der Waals surface area contributed by atoms with Crippen molar-refractivity contribution in [2.45, 2.75) is 50.3 Å². The van der Waals surface area contributed by atoms with Gasteiger partial charge in [0, 0.05) is 19.2 Å². The van der Waals surface area contributed by atoms with E-state index in [9.17, 15) is 23.1 Å². The summed E-state index contributed by atoms with van der Waals surface area (Å²) in [5.41, 5.74) is 0.850. The van der Waals surface area contributed by atoms with Gasteiger partial charge in [-0.1, -0.05) is 44.2 Å². The summed E-state index contributed by atoms with van der Waals surface area (Å²) in [7, 11) is -2.40. The minimum Gasteiger partial charge on any atom is -0.454 e. The molecule has 0 fully saturated rings. The zero-order chi connectivity index (χ0) is 28.6. The fourth-order valence-corrected chi connectivity index (χ4v) is 5.82. The van der Waals surface area contributed by atoms with Crippen molar-refractivity contribution in [1.82, 2.24) is 20.3 Å². The van der Waals surface area contributed by atoms with Crippen LogP contribution in [0.1, 0.15) is 26.3 Å². The van der Waals surface area contributed by atoms with Crippen molar-refractivity contribution < 1.29 is 32.6 Å². The zero-order valence-corrected chi connectivity index (χ0v) is 23.5. The first-order valence-corrected chi connectivity index (χ1v) is 14.3. The smallest absolute Gasteiger partial charge is 0.243 e. The van der Waals surface area contributed by atoms with Crippen LogP contribution < -0.4 is 25.4 Å². The standard InChI is InChI=1S/C27H38N4O7S/c1-18(2)15-31(39(35,36)21-10-11-24-25(13-21)38-17-37-24)16-23(32)22(12-20-8-6-5-7-9-20)30-27(34)19(3)29-26(33)14-28-4/h5-11,13,18-19,22-23,28,32H,12,14-17H2,1-4H3,(H,29,33)(H,30,34). The van der Waals surface area contributed by atoms with E-state index in [1.807, 2.05) is 44.2 Å². The number of ether oxygens (including phenoxy) is 2. The Hall–Kier alpha value is -3.19. The van der Waals surface area contributed by atoms with E-state index in [1.165, 1.54) is 16.4 Å². The van der Waals surface area contributed by atoms with E-state index in [4.69, 9.17) is 9.47 Å². The largest absolute Gasteiger partial charge is 0.454 e. The fraction of sp³-hybridized carbons (Fsp3) is 0.481. The predicted octanol–water partition coefficient (Wildman–Crippen LogP) is 0.875. The molecule has 2 aromatic carbocycles. The Morgan fingerprint density at radius 2 is 1.69 bits per heavy atom. The molecule has 0 aliphatic carbocycles. The Morgan fingerprint density at radius 1 is 1.00 bits per heavy atom. The Labute approximate surface area is 229 Å². The SMILES string of the molecule is CNCC(=O)NC(C)C(=O)NC(Cc1ccccc1)C(O)CN(CC(C)C)S(=O)(=O)c1ccc2c(c1)OCO2. The Morgan fingerprint density at radius 3 is 2.36 bits per heavy atom. The first-order chi connectivity index (χ1) is 18.5. The van der Waals surface area contributed by atoms with Crippen molar-refractivity contribution in [2.24, 2.45) is 5.92 Å². The van der Waals surface area contributed by atoms with E-state index in [2.05, 4.69) is 16.0 Å². The predicted molar refractivity (Wildman–Crippen MR) is 146 cm³/mol. The molecule has 1 aliphatic rings. The number of hydrogen-bond acceptors (Lipinski definition) is 8. The summed E-state index contributed by atoms with van der Waals surface area (Å²) in [6.07, 6.45) is -0.998. The summed E-state index contributed by atoms with van der Waals surface area (Å²) in [4.78, 5) is 24.9. The van der Waals surface area contributed by atoms with Gasteiger partial charge in [-0.25, -0.2) is 8.42 Å². The number of carbonyl (C=O) groups excluding carboxylic acids is 2. The molecule has 2 aromatic rings. The third-order valence-corrected chi connectivity index (χ3v) is 7.97. The Kier molecular flexibility index (Phi) is 10.7. The van der Waals surface area contributed by atoms with Crippen LogP contribution in [0.3, 0.4) is 0 Å². The number of nitrogens with one attached hydrogen (secondary N) is 3. The van der Waals surface area contributed by atoms with Gasteiger partial charge in [0.25, 0.3) is 0 Å². The number of likely N-dealkylation sites (N-methyl/N-ethyl adjacent to an activating group) is 1. The van der Waals surface area contributed by atoms with E-state index >= 15 is 0 Å². The molecule has 0 saturated carbocycles. The van der Waals surface area contributed by atoms with Gasteiger partial charge in [-0.3, -0.25) is 9.59 Å². The zero-order valence-electron chi connectivity index (χ0n) is 22.7. The van der Waals surface area contributed by atoms with E-state index in [1.54, 1.807) is 20.0 Å². The number of amides is 2. The van der Waals surface area contributed by atoms with Crippen LogP contribution in [0.15, 0.2) is 53.4 Å². The second-order valence-electron chi connectivity index (χ2n) is 9.92. The van der Waals surface area contributed by atoms with E-state index in [0.29, 0.717) is 11.5 Å². The maximum atomic E-state index is 13.7. The van der Waals surface area contributed by atoms with Crippen LogP contribution in [-0.2, 0) is 26.0 Å². The van der Waals surface area contributed by atoms with Crippen molar-refractivity contribution in [3.05, 3.63) is 54.1 Å². The Bertz CT molecular complexity index is 1220. The molecule has 1 aliphatic heterocycles. The molecule has 1 heterocycles. The van der Waals surface area contributed by atoms with Gasteiger partial charge in [0.05, 0.1) is 23.6 Å². The minimum absolute atomic E-state index is 0.0158. The Balaban J connectivity index is 1.83. The summed E-state index contributed by atoms with van der Waals surface area (Å²) in [6.45, 7) is 5.27. The van der Waals surface area contributed by atoms with Crippen molar-refractivity contribution in [1.29, 1.82) is 0 Å². The topological polar surface area (TPSA) is 146 Å². The summed E-state index contributed by atoms with van der Waals surface area (Å²) in [6, 6.07) is 12.0. The van der Waals surface area contributed by atoms with Crippen molar-refractivity contribution in [3.8, 4) is 11.5 Å². The number of fused-ring (bicyclic) bond motifs is 1. The van der Waals surface area contributed by atoms with Crippen molar-refractivity contribution in [3.63, 3.8) is 0 Å². The van der Waals surface area contributed by atoms with Crippen LogP contribution in [-0.4, -0.2) is 81.3 Å². The average Bonchev–Trinajstić information content (AvgIpc) is 3.36. The molecule has 0 bridgehead atoms. The fourth-order valence-electron chi connectivity index (χ4n) is 4.18. The van der Waals surface area contributed by atoms with Gasteiger partial charge < -0.3 is 30.5 Å². The molecule has 12 heteroatoms. The molecular formula is C27H38N4O7S. The minimum atomic E-state index is -4.03. The van der Waals surface area contributed by atoms with Gasteiger partial charge in [0.15, 0.2) is 11.5 Å². The molecule has 4 N–H and O–H groups in total. The summed E-state index contributed by atoms with van der Waals surface area (Å²) < 4.78 is 39.2. The molecule has 214 valence electrons. The van der Waals surface area contributed by atoms with E-state index in [-0.39, 0.29) is 49.6 Å². The van der Waals surface area contributed by atoms with Gasteiger partial charge in [-0.2, -0.15) is 4.31 Å². The lowest BCUT2D eigenvalue weighted by atomic mass is 10.0. The molecule has 0 saturated heterocycles. The summed E-state index contributed by atoms with van der Waals surface area (Å²) in [5, 5.41) is 19.5. The maximum Gasteiger partial charge on any atom is 0.243 e. The normalized spacial score (nSPS) is 15.2. The molecule has 0 radical (unpaired) electrons. The third kappa shape index (κ3) is 8.40. The maximum absolute atomic E-state index is 13.7. The number of benzene rings is 2. The molecule has 0 aromatic heterocycles. The van der Waals surface area contributed by atoms with Gasteiger partial charge in [-0.15, -0.1) is 0 Å². The van der Waals surface area contributed by atoms with Gasteiger partial charge >= 0.3 is 0 Å². The summed E-state index contributed by atoms with van der Waals surface area (Å²) >= 11 is 0. The monoisotopic (exact) mass is 562 g/mol. The molecule has 3 rings (SSSR count). The van der Waals surface area contributed by atoms with E-state index in [0.717, 1.165) is 5.56 Å². The van der Waals surface area contributed by atoms with Crippen LogP contribution >= 0.6 is 0 Å². The molecular weight excluding hydrogens is 524 g/mol. The summed E-state index contributed by atoms with van der Waals surface area (Å²) in [5.74, 6) is -0.0760. The van der Waals surface area contributed by atoms with Crippen LogP contribution in [0.2, 0.25) is 0 Å². The lowest BCUT2D eigenvalue weighted by Gasteiger charge is -2.31. The number of carbonyl (C=O) groups is 2. The van der Waals surface area contributed by atoms with Gasteiger partial charge in [0.2, 0.25) is 28.6 Å². The molecule has 11 nitrogen and oxygen atoms in total. The third-order valence-electron chi connectivity index (χ3n) is 6.14. The number of aliphatic hydroxyl groups is 1. The second-order valence-corrected chi connectivity index (χ2v) is 11.9. The molecule has 0 spiro atoms. The van der Waals surface area contributed by atoms with Crippen LogP contribution in [0.25, 0.3) is 0 Å². The first-order valence-electron chi connectivity index (χ1n) is 12.9. The highest BCUT2D eigenvalue weighted by molar-refractivity contribution is 7.89. The van der Waals surface area contributed by atoms with Gasteiger partial charge in [-0.05, 0) is 44.0 Å². The highest BCUT2D eigenvalue weighted by atomic mass is 32.2. The number of nitrogens with zero attached hydrogens (tertiary/aromatic N) is 1. The number of sulfonamides is 1. The number of rotatable bonds is 14. The first kappa shape index (κ1) is 30.4. The lowest BCUT2D eigenvalue weighted by Crippen LogP contribution is -2.55. The molecule has 39 heavy (non-hydrogen) atoms. The van der Waals surface area contributed by atoms with Crippen LogP contribution in [0.5, 0.6) is 11.5 Å². The lowest BCUT2D eigenvalue weighted by molar-refractivity contribution is -0.129. The number of aliphatic hydroxyl groups excluding tert-OH is 1.